The molecule has 0 spiro atoms. The molecule has 21 heavy (non-hydrogen) atoms. The van der Waals surface area contributed by atoms with Crippen LogP contribution in [0.4, 0.5) is 5.82 Å². The molecule has 1 aromatic carbocycles. The van der Waals surface area contributed by atoms with Crippen LogP contribution in [0.2, 0.25) is 0 Å². The second kappa shape index (κ2) is 5.95. The van der Waals surface area contributed by atoms with Crippen molar-refractivity contribution in [2.75, 3.05) is 11.4 Å². The highest BCUT2D eigenvalue weighted by Gasteiger charge is 2.33. The Morgan fingerprint density at radius 3 is 2.57 bits per heavy atom. The fourth-order valence-corrected chi connectivity index (χ4v) is 2.98. The molecule has 1 N–H and O–H groups in total. The number of aromatic nitrogens is 1. The number of pyridine rings is 1. The van der Waals surface area contributed by atoms with E-state index in [0.29, 0.717) is 19.4 Å². The largest absolute Gasteiger partial charge is 0.481 e. The van der Waals surface area contributed by atoms with Gasteiger partial charge in [0, 0.05) is 12.7 Å². The van der Waals surface area contributed by atoms with Gasteiger partial charge in [-0.25, -0.2) is 4.98 Å². The number of aliphatic carboxylic acids is 1. The van der Waals surface area contributed by atoms with Crippen LogP contribution in [0.3, 0.4) is 0 Å². The molecule has 108 valence electrons. The molecule has 2 aromatic rings. The molecule has 2 heterocycles. The van der Waals surface area contributed by atoms with Crippen molar-refractivity contribution in [1.29, 1.82) is 0 Å². The Bertz CT molecular complexity index is 601. The minimum Gasteiger partial charge on any atom is -0.481 e. The predicted octanol–water partition coefficient (Wildman–Crippen LogP) is 3.12. The number of rotatable bonds is 3. The van der Waals surface area contributed by atoms with E-state index in [0.717, 1.165) is 11.4 Å². The van der Waals surface area contributed by atoms with Gasteiger partial charge in [-0.1, -0.05) is 36.4 Å². The number of hydrogen-bond donors (Lipinski definition) is 1. The number of nitrogens with zero attached hydrogens (tertiary/aromatic N) is 2. The van der Waals surface area contributed by atoms with Gasteiger partial charge in [0.05, 0.1) is 12.0 Å². The number of carboxylic acids is 1. The van der Waals surface area contributed by atoms with Crippen molar-refractivity contribution in [2.45, 2.75) is 18.9 Å². The molecule has 1 aliphatic heterocycles. The van der Waals surface area contributed by atoms with Crippen molar-refractivity contribution in [2.24, 2.45) is 5.92 Å². The zero-order chi connectivity index (χ0) is 14.7. The van der Waals surface area contributed by atoms with Crippen LogP contribution in [0, 0.1) is 5.92 Å². The van der Waals surface area contributed by atoms with Gasteiger partial charge in [-0.2, -0.15) is 0 Å². The second-order valence-electron chi connectivity index (χ2n) is 5.37. The van der Waals surface area contributed by atoms with Crippen molar-refractivity contribution in [1.82, 2.24) is 4.98 Å². The van der Waals surface area contributed by atoms with Crippen LogP contribution < -0.4 is 4.90 Å². The highest BCUT2D eigenvalue weighted by molar-refractivity contribution is 5.70. The Balaban J connectivity index is 1.93. The zero-order valence-corrected chi connectivity index (χ0v) is 11.7. The van der Waals surface area contributed by atoms with E-state index in [4.69, 9.17) is 0 Å². The van der Waals surface area contributed by atoms with Crippen LogP contribution in [0.5, 0.6) is 0 Å². The molecule has 1 aliphatic rings. The summed E-state index contributed by atoms with van der Waals surface area (Å²) in [7, 11) is 0. The molecule has 3 rings (SSSR count). The summed E-state index contributed by atoms with van der Waals surface area (Å²) < 4.78 is 0. The zero-order valence-electron chi connectivity index (χ0n) is 11.7. The first-order valence-electron chi connectivity index (χ1n) is 7.21. The quantitative estimate of drug-likeness (QED) is 0.939. The summed E-state index contributed by atoms with van der Waals surface area (Å²) in [4.78, 5) is 18.0. The Labute approximate surface area is 124 Å². The highest BCUT2D eigenvalue weighted by atomic mass is 16.4. The minimum atomic E-state index is -0.698. The normalized spacial score (nSPS) is 22.0. The Hall–Kier alpha value is -2.36. The van der Waals surface area contributed by atoms with Gasteiger partial charge >= 0.3 is 5.97 Å². The summed E-state index contributed by atoms with van der Waals surface area (Å²) in [6, 6.07) is 16.0. The summed E-state index contributed by atoms with van der Waals surface area (Å²) in [5.74, 6) is -0.0676. The van der Waals surface area contributed by atoms with E-state index in [1.165, 1.54) is 0 Å². The molecule has 2 atom stereocenters. The van der Waals surface area contributed by atoms with Crippen LogP contribution in [-0.2, 0) is 4.79 Å². The van der Waals surface area contributed by atoms with Crippen LogP contribution in [0.15, 0.2) is 54.7 Å². The molecular weight excluding hydrogens is 264 g/mol. The fraction of sp³-hybridized carbons (Fsp3) is 0.294. The van der Waals surface area contributed by atoms with Crippen molar-refractivity contribution in [3.8, 4) is 0 Å². The first-order chi connectivity index (χ1) is 10.3. The lowest BCUT2D eigenvalue weighted by Gasteiger charge is -2.39. The molecule has 2 unspecified atom stereocenters. The second-order valence-corrected chi connectivity index (χ2v) is 5.37. The number of hydrogen-bond acceptors (Lipinski definition) is 3. The van der Waals surface area contributed by atoms with E-state index in [1.807, 2.05) is 36.4 Å². The van der Waals surface area contributed by atoms with Gasteiger partial charge in [0.2, 0.25) is 0 Å². The molecule has 1 fully saturated rings. The Morgan fingerprint density at radius 1 is 1.14 bits per heavy atom. The van der Waals surface area contributed by atoms with E-state index in [9.17, 15) is 9.90 Å². The molecule has 1 saturated heterocycles. The average Bonchev–Trinajstić information content (AvgIpc) is 2.56. The van der Waals surface area contributed by atoms with Gasteiger partial charge in [0.25, 0.3) is 0 Å². The molecule has 4 nitrogen and oxygen atoms in total. The highest BCUT2D eigenvalue weighted by Crippen LogP contribution is 2.36. The predicted molar refractivity (Wildman–Crippen MR) is 81.1 cm³/mol. The van der Waals surface area contributed by atoms with Gasteiger partial charge in [-0.3, -0.25) is 4.79 Å². The maximum atomic E-state index is 11.3. The maximum Gasteiger partial charge on any atom is 0.306 e. The first kappa shape index (κ1) is 13.6. The van der Waals surface area contributed by atoms with E-state index < -0.39 is 5.97 Å². The molecule has 0 aliphatic carbocycles. The van der Waals surface area contributed by atoms with Gasteiger partial charge in [-0.05, 0) is 30.5 Å². The summed E-state index contributed by atoms with van der Waals surface area (Å²) in [5, 5.41) is 9.33. The molecule has 4 heteroatoms. The maximum absolute atomic E-state index is 11.3. The summed E-state index contributed by atoms with van der Waals surface area (Å²) >= 11 is 0. The van der Waals surface area contributed by atoms with Gasteiger partial charge in [0.15, 0.2) is 0 Å². The number of anilines is 1. The summed E-state index contributed by atoms with van der Waals surface area (Å²) in [5.41, 5.74) is 1.15. The topological polar surface area (TPSA) is 53.4 Å². The standard InChI is InChI=1S/C17H18N2O2/c20-17(21)14-9-11-19(16-8-4-5-10-18-16)15(12-14)13-6-2-1-3-7-13/h1-8,10,14-15H,9,11-12H2,(H,20,21). The van der Waals surface area contributed by atoms with Crippen LogP contribution in [0.1, 0.15) is 24.4 Å². The van der Waals surface area contributed by atoms with Crippen molar-refractivity contribution >= 4 is 11.8 Å². The smallest absolute Gasteiger partial charge is 0.306 e. The molecule has 1 aromatic heterocycles. The van der Waals surface area contributed by atoms with Crippen molar-refractivity contribution < 1.29 is 9.90 Å². The SMILES string of the molecule is O=C(O)C1CCN(c2ccccn2)C(c2ccccc2)C1. The number of carboxylic acid groups (broad SMARTS) is 1. The molecule has 0 amide bonds. The van der Waals surface area contributed by atoms with E-state index in [2.05, 4.69) is 22.0 Å². The lowest BCUT2D eigenvalue weighted by atomic mass is 9.87. The van der Waals surface area contributed by atoms with Crippen LogP contribution in [-0.4, -0.2) is 22.6 Å². The molecule has 0 bridgehead atoms. The molecule has 0 saturated carbocycles. The van der Waals surface area contributed by atoms with Crippen molar-refractivity contribution in [3.63, 3.8) is 0 Å². The van der Waals surface area contributed by atoms with E-state index in [-0.39, 0.29) is 12.0 Å². The van der Waals surface area contributed by atoms with Gasteiger partial charge in [-0.15, -0.1) is 0 Å². The lowest BCUT2D eigenvalue weighted by molar-refractivity contribution is -0.142. The monoisotopic (exact) mass is 282 g/mol. The third-order valence-corrected chi connectivity index (χ3v) is 4.08. The fourth-order valence-electron chi connectivity index (χ4n) is 2.98. The number of benzene rings is 1. The van der Waals surface area contributed by atoms with Gasteiger partial charge < -0.3 is 10.0 Å². The lowest BCUT2D eigenvalue weighted by Crippen LogP contribution is -2.39. The van der Waals surface area contributed by atoms with Crippen molar-refractivity contribution in [3.05, 3.63) is 60.3 Å². The minimum absolute atomic E-state index is 0.0657. The van der Waals surface area contributed by atoms with Gasteiger partial charge in [0.1, 0.15) is 5.82 Å². The summed E-state index contributed by atoms with van der Waals surface area (Å²) in [6.07, 6.45) is 3.06. The summed E-state index contributed by atoms with van der Waals surface area (Å²) in [6.45, 7) is 0.716. The third-order valence-electron chi connectivity index (χ3n) is 4.08. The Morgan fingerprint density at radius 2 is 1.90 bits per heavy atom. The molecular formula is C17H18N2O2. The van der Waals surface area contributed by atoms with Crippen LogP contribution in [0.25, 0.3) is 0 Å². The Kier molecular flexibility index (Phi) is 3.86. The van der Waals surface area contributed by atoms with E-state index >= 15 is 0 Å². The molecule has 0 radical (unpaired) electrons. The number of piperidine rings is 1. The van der Waals surface area contributed by atoms with E-state index in [1.54, 1.807) is 6.20 Å². The van der Waals surface area contributed by atoms with Crippen LogP contribution >= 0.6 is 0 Å². The third kappa shape index (κ3) is 2.89. The number of carbonyl (C=O) groups is 1. The first-order valence-corrected chi connectivity index (χ1v) is 7.21. The average molecular weight is 282 g/mol.